The van der Waals surface area contributed by atoms with Crippen molar-refractivity contribution in [3.63, 3.8) is 0 Å². The van der Waals surface area contributed by atoms with E-state index in [1.165, 1.54) is 39.6 Å². The molecule has 0 saturated carbocycles. The number of nitrogens with zero attached hydrogens (tertiary/aromatic N) is 4. The van der Waals surface area contributed by atoms with Crippen molar-refractivity contribution in [3.8, 4) is 28.7 Å². The minimum atomic E-state index is -1.10. The highest BCUT2D eigenvalue weighted by molar-refractivity contribution is 5.90. The smallest absolute Gasteiger partial charge is 0.342 e. The highest BCUT2D eigenvalue weighted by Gasteiger charge is 2.27. The van der Waals surface area contributed by atoms with Gasteiger partial charge in [-0.25, -0.2) is 9.78 Å². The lowest BCUT2D eigenvalue weighted by atomic mass is 9.91. The first-order valence-electron chi connectivity index (χ1n) is 15.0. The molecule has 1 fully saturated rings. The van der Waals surface area contributed by atoms with E-state index in [9.17, 15) is 9.90 Å². The van der Waals surface area contributed by atoms with Crippen LogP contribution in [0, 0.1) is 13.8 Å². The van der Waals surface area contributed by atoms with E-state index in [2.05, 4.69) is 29.1 Å². The summed E-state index contributed by atoms with van der Waals surface area (Å²) in [6.07, 6.45) is 4.69. The Morgan fingerprint density at radius 3 is 2.77 bits per heavy atom. The van der Waals surface area contributed by atoms with Gasteiger partial charge in [-0.1, -0.05) is 30.3 Å². The largest absolute Gasteiger partial charge is 0.488 e. The number of aromatic nitrogens is 3. The first kappa shape index (κ1) is 28.9. The molecule has 43 heavy (non-hydrogen) atoms. The number of fused-ring (bicyclic) bond motifs is 1. The molecule has 0 radical (unpaired) electrons. The first-order chi connectivity index (χ1) is 20.9. The fourth-order valence-corrected chi connectivity index (χ4v) is 6.20. The van der Waals surface area contributed by atoms with Gasteiger partial charge in [-0.05, 0) is 86.1 Å². The molecular formula is C34H38N4O5. The van der Waals surface area contributed by atoms with Crippen LogP contribution in [0.25, 0.3) is 17.1 Å². The zero-order valence-corrected chi connectivity index (χ0v) is 25.0. The second-order valence-corrected chi connectivity index (χ2v) is 11.2. The van der Waals surface area contributed by atoms with E-state index in [0.29, 0.717) is 30.8 Å². The van der Waals surface area contributed by atoms with Gasteiger partial charge in [-0.15, -0.1) is 0 Å². The van der Waals surface area contributed by atoms with Crippen LogP contribution in [0.2, 0.25) is 0 Å². The van der Waals surface area contributed by atoms with E-state index in [4.69, 9.17) is 19.2 Å². The monoisotopic (exact) mass is 582 g/mol. The van der Waals surface area contributed by atoms with E-state index in [1.54, 1.807) is 13.0 Å². The van der Waals surface area contributed by atoms with E-state index < -0.39 is 5.97 Å². The molecule has 6 rings (SSSR count). The van der Waals surface area contributed by atoms with Crippen molar-refractivity contribution in [3.05, 3.63) is 88.1 Å². The molecule has 4 heterocycles. The number of aromatic carboxylic acids is 1. The number of benzene rings is 2. The molecule has 2 aromatic heterocycles. The van der Waals surface area contributed by atoms with Gasteiger partial charge in [-0.3, -0.25) is 4.90 Å². The molecule has 1 saturated heterocycles. The molecule has 1 atom stereocenters. The van der Waals surface area contributed by atoms with Gasteiger partial charge < -0.3 is 19.3 Å². The maximum absolute atomic E-state index is 11.7. The van der Waals surface area contributed by atoms with Crippen LogP contribution in [0.3, 0.4) is 0 Å². The summed E-state index contributed by atoms with van der Waals surface area (Å²) in [5, 5.41) is 13.8. The molecule has 2 aliphatic rings. The fraction of sp³-hybridized carbons (Fsp3) is 0.382. The van der Waals surface area contributed by atoms with Gasteiger partial charge >= 0.3 is 5.97 Å². The lowest BCUT2D eigenvalue weighted by Gasteiger charge is -2.38. The Labute approximate surface area is 252 Å². The third kappa shape index (κ3) is 5.87. The Kier molecular flexibility index (Phi) is 8.44. The fourth-order valence-electron chi connectivity index (χ4n) is 6.20. The summed E-state index contributed by atoms with van der Waals surface area (Å²) in [4.78, 5) is 19.1. The summed E-state index contributed by atoms with van der Waals surface area (Å²) in [6.45, 7) is 10.6. The van der Waals surface area contributed by atoms with Crippen LogP contribution < -0.4 is 9.47 Å². The van der Waals surface area contributed by atoms with Gasteiger partial charge in [0, 0.05) is 31.3 Å². The molecule has 0 aliphatic carbocycles. The minimum absolute atomic E-state index is 0.00948. The topological polar surface area (TPSA) is 98.9 Å². The number of carbonyl (C=O) groups is 1. The number of para-hydroxylation sites is 1. The normalized spacial score (nSPS) is 17.0. The quantitative estimate of drug-likeness (QED) is 0.266. The third-order valence-corrected chi connectivity index (χ3v) is 8.53. The van der Waals surface area contributed by atoms with Gasteiger partial charge in [0.05, 0.1) is 25.1 Å². The number of aryl methyl sites for hydroxylation is 1. The molecule has 0 amide bonds. The van der Waals surface area contributed by atoms with Crippen LogP contribution in [0.5, 0.6) is 11.6 Å². The number of pyridine rings is 1. The predicted molar refractivity (Wildman–Crippen MR) is 163 cm³/mol. The second-order valence-electron chi connectivity index (χ2n) is 11.2. The average Bonchev–Trinajstić information content (AvgIpc) is 3.46. The standard InChI is InChI=1S/C34H38N4O5/c1-4-42-33-29(34(39)40)18-35-38(33)31-12-6-11-30(36-31)28-10-5-8-22(2)32(28)43-20-25-14-13-24-19-37(16-15-27(24)23(25)3)26-9-7-17-41-21-26/h5-6,8,10-14,18,26H,4,7,9,15-17,19-21H2,1-3H3,(H,39,40)/t26-/m0/s1. The van der Waals surface area contributed by atoms with Crippen molar-refractivity contribution in [2.45, 2.75) is 59.2 Å². The molecule has 4 aromatic rings. The number of carboxylic acids is 1. The van der Waals surface area contributed by atoms with Crippen molar-refractivity contribution >= 4 is 5.97 Å². The minimum Gasteiger partial charge on any atom is -0.488 e. The number of ether oxygens (including phenoxy) is 3. The third-order valence-electron chi connectivity index (χ3n) is 8.53. The van der Waals surface area contributed by atoms with Crippen molar-refractivity contribution in [1.82, 2.24) is 19.7 Å². The Bertz CT molecular complexity index is 1630. The first-order valence-corrected chi connectivity index (χ1v) is 15.0. The zero-order valence-electron chi connectivity index (χ0n) is 25.0. The summed E-state index contributed by atoms with van der Waals surface area (Å²) in [5.74, 6) is 0.275. The lowest BCUT2D eigenvalue weighted by molar-refractivity contribution is 0.0125. The van der Waals surface area contributed by atoms with Crippen molar-refractivity contribution in [2.75, 3.05) is 26.4 Å². The lowest BCUT2D eigenvalue weighted by Crippen LogP contribution is -2.44. The zero-order chi connectivity index (χ0) is 29.9. The molecule has 2 aliphatic heterocycles. The second kappa shape index (κ2) is 12.6. The van der Waals surface area contributed by atoms with E-state index >= 15 is 0 Å². The van der Waals surface area contributed by atoms with Gasteiger partial charge in [0.1, 0.15) is 17.9 Å². The Morgan fingerprint density at radius 2 is 1.98 bits per heavy atom. The SMILES string of the molecule is CCOc1c(C(=O)O)cnn1-c1cccc(-c2cccc(C)c2OCc2ccc3c(c2C)CCN([C@H]2CCCOC2)C3)n1. The van der Waals surface area contributed by atoms with Gasteiger partial charge in [0.2, 0.25) is 5.88 Å². The number of hydrogen-bond donors (Lipinski definition) is 1. The van der Waals surface area contributed by atoms with Crippen LogP contribution >= 0.6 is 0 Å². The van der Waals surface area contributed by atoms with Gasteiger partial charge in [0.15, 0.2) is 5.82 Å². The Hall–Kier alpha value is -4.21. The molecule has 0 bridgehead atoms. The van der Waals surface area contributed by atoms with Crippen molar-refractivity contribution in [1.29, 1.82) is 0 Å². The predicted octanol–water partition coefficient (Wildman–Crippen LogP) is 5.76. The molecular weight excluding hydrogens is 544 g/mol. The number of carboxylic acid groups (broad SMARTS) is 1. The van der Waals surface area contributed by atoms with E-state index in [1.807, 2.05) is 37.3 Å². The summed E-state index contributed by atoms with van der Waals surface area (Å²) in [5.41, 5.74) is 7.89. The van der Waals surface area contributed by atoms with Crippen molar-refractivity contribution in [2.24, 2.45) is 0 Å². The molecule has 224 valence electrons. The number of rotatable bonds is 9. The maximum atomic E-state index is 11.7. The van der Waals surface area contributed by atoms with E-state index in [-0.39, 0.29) is 11.4 Å². The van der Waals surface area contributed by atoms with Gasteiger partial charge in [-0.2, -0.15) is 9.78 Å². The molecule has 1 N–H and O–H groups in total. The highest BCUT2D eigenvalue weighted by Crippen LogP contribution is 2.35. The average molecular weight is 583 g/mol. The van der Waals surface area contributed by atoms with Crippen LogP contribution in [0.1, 0.15) is 57.9 Å². The van der Waals surface area contributed by atoms with Crippen LogP contribution in [0.15, 0.2) is 54.7 Å². The van der Waals surface area contributed by atoms with Crippen LogP contribution in [-0.2, 0) is 24.3 Å². The molecule has 9 nitrogen and oxygen atoms in total. The van der Waals surface area contributed by atoms with Crippen molar-refractivity contribution < 1.29 is 24.1 Å². The molecule has 0 spiro atoms. The highest BCUT2D eigenvalue weighted by atomic mass is 16.5. The molecule has 0 unspecified atom stereocenters. The molecule has 9 heteroatoms. The summed E-state index contributed by atoms with van der Waals surface area (Å²) < 4.78 is 19.4. The van der Waals surface area contributed by atoms with Gasteiger partial charge in [0.25, 0.3) is 0 Å². The van der Waals surface area contributed by atoms with Crippen LogP contribution in [0.4, 0.5) is 0 Å². The Balaban J connectivity index is 1.24. The Morgan fingerprint density at radius 1 is 1.12 bits per heavy atom. The summed E-state index contributed by atoms with van der Waals surface area (Å²) in [7, 11) is 0. The van der Waals surface area contributed by atoms with E-state index in [0.717, 1.165) is 56.0 Å². The number of hydrogen-bond acceptors (Lipinski definition) is 7. The summed E-state index contributed by atoms with van der Waals surface area (Å²) >= 11 is 0. The maximum Gasteiger partial charge on any atom is 0.342 e. The summed E-state index contributed by atoms with van der Waals surface area (Å²) in [6, 6.07) is 16.6. The molecule has 2 aromatic carbocycles. The van der Waals surface area contributed by atoms with Crippen LogP contribution in [-0.4, -0.2) is 63.1 Å².